The lowest BCUT2D eigenvalue weighted by Gasteiger charge is -2.20. The zero-order valence-electron chi connectivity index (χ0n) is 14.5. The number of hydrogen-bond donors (Lipinski definition) is 0. The lowest BCUT2D eigenvalue weighted by atomic mass is 9.85. The molecule has 2 aliphatic carbocycles. The van der Waals surface area contributed by atoms with Crippen LogP contribution in [0.25, 0.3) is 0 Å². The molecule has 132 valence electrons. The summed E-state index contributed by atoms with van der Waals surface area (Å²) in [7, 11) is 0. The van der Waals surface area contributed by atoms with Gasteiger partial charge in [-0.3, -0.25) is 9.59 Å². The van der Waals surface area contributed by atoms with Crippen molar-refractivity contribution in [2.24, 2.45) is 23.7 Å². The molecule has 3 aliphatic rings. The summed E-state index contributed by atoms with van der Waals surface area (Å²) >= 11 is -2.52. The molecule has 2 bridgehead atoms. The predicted molar refractivity (Wildman–Crippen MR) is 88.1 cm³/mol. The first-order valence-electron chi connectivity index (χ1n) is 9.13. The number of hydrogen-bond acceptors (Lipinski definition) is 5. The molecular formula is C17H26AlNO5. The van der Waals surface area contributed by atoms with Gasteiger partial charge in [-0.25, -0.2) is 0 Å². The highest BCUT2D eigenvalue weighted by atomic mass is 27.3. The molecule has 0 N–H and O–H groups in total. The zero-order chi connectivity index (χ0) is 17.1. The van der Waals surface area contributed by atoms with Crippen LogP contribution in [0.5, 0.6) is 0 Å². The van der Waals surface area contributed by atoms with E-state index < -0.39 is 15.1 Å². The molecule has 0 aromatic heterocycles. The van der Waals surface area contributed by atoms with Crippen molar-refractivity contribution in [3.8, 4) is 0 Å². The van der Waals surface area contributed by atoms with Gasteiger partial charge < -0.3 is 11.5 Å². The molecule has 1 heterocycles. The Morgan fingerprint density at radius 3 is 1.96 bits per heavy atom. The number of nitrogens with zero attached hydrogens (tertiary/aromatic N) is 1. The maximum atomic E-state index is 12.6. The third kappa shape index (κ3) is 3.47. The Balaban J connectivity index is 1.61. The molecule has 24 heavy (non-hydrogen) atoms. The van der Waals surface area contributed by atoms with Gasteiger partial charge in [-0.2, -0.15) is 5.06 Å². The topological polar surface area (TPSA) is 65.1 Å². The summed E-state index contributed by atoms with van der Waals surface area (Å²) < 4.78 is 17.1. The molecule has 1 saturated heterocycles. The minimum atomic E-state index is -2.52. The van der Waals surface area contributed by atoms with Gasteiger partial charge in [0.15, 0.2) is 0 Å². The van der Waals surface area contributed by atoms with E-state index in [2.05, 4.69) is 26.0 Å². The Morgan fingerprint density at radius 1 is 1.00 bits per heavy atom. The summed E-state index contributed by atoms with van der Waals surface area (Å²) in [6, 6.07) is 0. The first-order chi connectivity index (χ1) is 11.7. The van der Waals surface area contributed by atoms with Gasteiger partial charge in [-0.05, 0) is 31.1 Å². The van der Waals surface area contributed by atoms with Crippen molar-refractivity contribution in [1.29, 1.82) is 0 Å². The number of hydroxylamine groups is 2. The summed E-state index contributed by atoms with van der Waals surface area (Å²) in [5, 5.41) is 0.969. The fourth-order valence-corrected chi connectivity index (χ4v) is 5.14. The van der Waals surface area contributed by atoms with Crippen LogP contribution in [0.4, 0.5) is 0 Å². The van der Waals surface area contributed by atoms with Crippen LogP contribution in [-0.2, 0) is 21.1 Å². The molecule has 2 fully saturated rings. The van der Waals surface area contributed by atoms with Gasteiger partial charge >= 0.3 is 15.1 Å². The molecule has 0 radical (unpaired) electrons. The number of unbranched alkanes of at least 4 members (excludes halogenated alkanes) is 2. The molecule has 0 aromatic rings. The maximum absolute atomic E-state index is 12.6. The van der Waals surface area contributed by atoms with Crippen LogP contribution in [-0.4, -0.2) is 45.2 Å². The molecular weight excluding hydrogens is 325 g/mol. The van der Waals surface area contributed by atoms with Crippen LogP contribution in [0.3, 0.4) is 0 Å². The average Bonchev–Trinajstić information content (AvgIpc) is 3.24. The van der Waals surface area contributed by atoms with E-state index in [0.29, 0.717) is 13.2 Å². The number of allylic oxidation sites excluding steroid dienone is 2. The molecule has 0 aromatic carbocycles. The highest BCUT2D eigenvalue weighted by Crippen LogP contribution is 2.52. The summed E-state index contributed by atoms with van der Waals surface area (Å²) in [6.45, 7) is 5.23. The molecule has 4 atom stereocenters. The minimum absolute atomic E-state index is 0.187. The minimum Gasteiger partial charge on any atom is -0.453 e. The smallest absolute Gasteiger partial charge is 0.453 e. The van der Waals surface area contributed by atoms with Crippen molar-refractivity contribution < 1.29 is 21.1 Å². The van der Waals surface area contributed by atoms with Crippen LogP contribution >= 0.6 is 0 Å². The highest BCUT2D eigenvalue weighted by molar-refractivity contribution is 6.36. The van der Waals surface area contributed by atoms with Gasteiger partial charge in [-0.1, -0.05) is 38.8 Å². The summed E-state index contributed by atoms with van der Waals surface area (Å²) in [5.74, 6) is -0.531. The van der Waals surface area contributed by atoms with E-state index in [-0.39, 0.29) is 35.5 Å². The third-order valence-corrected chi connectivity index (χ3v) is 6.52. The third-order valence-electron chi connectivity index (χ3n) is 5.13. The van der Waals surface area contributed by atoms with Crippen LogP contribution < -0.4 is 0 Å². The number of imide groups is 1. The van der Waals surface area contributed by atoms with Crippen LogP contribution in [0, 0.1) is 23.7 Å². The van der Waals surface area contributed by atoms with Gasteiger partial charge in [0.2, 0.25) is 0 Å². The van der Waals surface area contributed by atoms with E-state index in [9.17, 15) is 9.59 Å². The average molecular weight is 351 g/mol. The van der Waals surface area contributed by atoms with Gasteiger partial charge in [0, 0.05) is 13.2 Å². The monoisotopic (exact) mass is 351 g/mol. The van der Waals surface area contributed by atoms with Crippen molar-refractivity contribution in [1.82, 2.24) is 5.06 Å². The van der Waals surface area contributed by atoms with E-state index >= 15 is 0 Å². The Morgan fingerprint density at radius 2 is 1.50 bits per heavy atom. The Kier molecular flexibility index (Phi) is 6.12. The number of carbonyl (C=O) groups excluding carboxylic acids is 2. The zero-order valence-corrected chi connectivity index (χ0v) is 15.6. The SMILES string of the molecule is CCCC[O][Al]([O]CCCC)[O]N1C(=O)C2C3C=CC(C3)C2C1=O. The standard InChI is InChI=1S/C9H8NO3.2C4H9O.Al/c11-8-6-4-1-2-5(3-4)7(6)9(12)10(8)13;2*1-2-3-4-5;/h1-2,4-7H,3H2;2*2-4H2,1H3;/q3*-1;+3. The molecule has 3 rings (SSSR count). The number of fused-ring (bicyclic) bond motifs is 5. The summed E-state index contributed by atoms with van der Waals surface area (Å²) in [6.07, 6.45) is 8.90. The van der Waals surface area contributed by atoms with Crippen molar-refractivity contribution in [3.05, 3.63) is 12.2 Å². The van der Waals surface area contributed by atoms with E-state index in [4.69, 9.17) is 11.5 Å². The Labute approximate surface area is 148 Å². The second-order valence-corrected chi connectivity index (χ2v) is 8.27. The molecule has 1 saturated carbocycles. The van der Waals surface area contributed by atoms with Crippen molar-refractivity contribution in [2.45, 2.75) is 46.0 Å². The molecule has 6 nitrogen and oxygen atoms in total. The van der Waals surface area contributed by atoms with E-state index in [1.807, 2.05) is 0 Å². The molecule has 0 spiro atoms. The van der Waals surface area contributed by atoms with Crippen molar-refractivity contribution in [3.63, 3.8) is 0 Å². The van der Waals surface area contributed by atoms with Gasteiger partial charge in [0.05, 0.1) is 11.8 Å². The largest absolute Gasteiger partial charge is 0.929 e. The second-order valence-electron chi connectivity index (χ2n) is 6.81. The molecule has 7 heteroatoms. The molecule has 2 amide bonds. The first-order valence-corrected chi connectivity index (χ1v) is 10.5. The van der Waals surface area contributed by atoms with Gasteiger partial charge in [-0.15, -0.1) is 0 Å². The number of carbonyl (C=O) groups is 2. The number of rotatable bonds is 10. The Bertz CT molecular complexity index is 471. The van der Waals surface area contributed by atoms with Crippen LogP contribution in [0.15, 0.2) is 12.2 Å². The van der Waals surface area contributed by atoms with Crippen molar-refractivity contribution in [2.75, 3.05) is 13.2 Å². The molecule has 1 aliphatic heterocycles. The summed E-state index contributed by atoms with van der Waals surface area (Å²) in [4.78, 5) is 25.3. The molecule has 4 unspecified atom stereocenters. The number of amides is 2. The van der Waals surface area contributed by atoms with Gasteiger partial charge in [0.1, 0.15) is 0 Å². The fourth-order valence-electron chi connectivity index (χ4n) is 3.82. The first kappa shape index (κ1) is 18.1. The lowest BCUT2D eigenvalue weighted by Crippen LogP contribution is -2.42. The van der Waals surface area contributed by atoms with E-state index in [1.54, 1.807) is 0 Å². The quantitative estimate of drug-likeness (QED) is 0.262. The van der Waals surface area contributed by atoms with E-state index in [0.717, 1.165) is 37.2 Å². The van der Waals surface area contributed by atoms with Crippen molar-refractivity contribution >= 4 is 27.0 Å². The van der Waals surface area contributed by atoms with Gasteiger partial charge in [0.25, 0.3) is 11.8 Å². The fraction of sp³-hybridized carbons (Fsp3) is 0.765. The Hall–Kier alpha value is -0.708. The van der Waals surface area contributed by atoms with Crippen LogP contribution in [0.2, 0.25) is 0 Å². The normalized spacial score (nSPS) is 30.5. The highest BCUT2D eigenvalue weighted by Gasteiger charge is 2.61. The summed E-state index contributed by atoms with van der Waals surface area (Å²) in [5.41, 5.74) is 0. The lowest BCUT2D eigenvalue weighted by molar-refractivity contribution is -0.175. The van der Waals surface area contributed by atoms with E-state index in [1.165, 1.54) is 0 Å². The predicted octanol–water partition coefficient (Wildman–Crippen LogP) is 2.34. The second kappa shape index (κ2) is 8.11. The van der Waals surface area contributed by atoms with Crippen LogP contribution in [0.1, 0.15) is 46.0 Å². The maximum Gasteiger partial charge on any atom is 0.929 e.